The number of hydrogen-bond donors (Lipinski definition) is 1. The second-order valence-corrected chi connectivity index (χ2v) is 6.49. The first-order valence-corrected chi connectivity index (χ1v) is 8.93. The van der Waals surface area contributed by atoms with Gasteiger partial charge in [-0.15, -0.1) is 0 Å². The number of hydrogen-bond acceptors (Lipinski definition) is 5. The van der Waals surface area contributed by atoms with Crippen LogP contribution in [0.4, 0.5) is 5.69 Å². The summed E-state index contributed by atoms with van der Waals surface area (Å²) in [4.78, 5) is 24.6. The molecule has 4 aromatic rings. The number of carbonyl (C=O) groups excluding carboxylic acids is 1. The number of nitrogens with one attached hydrogen (secondary N) is 1. The van der Waals surface area contributed by atoms with Crippen molar-refractivity contribution in [2.24, 2.45) is 7.05 Å². The van der Waals surface area contributed by atoms with Crippen LogP contribution < -0.4 is 10.1 Å². The van der Waals surface area contributed by atoms with Gasteiger partial charge in [0.25, 0.3) is 0 Å². The molecule has 29 heavy (non-hydrogen) atoms. The van der Waals surface area contributed by atoms with Crippen molar-refractivity contribution in [1.29, 1.82) is 0 Å². The number of fused-ring (bicyclic) bond motifs is 1. The molecule has 0 fully saturated rings. The summed E-state index contributed by atoms with van der Waals surface area (Å²) in [6.45, 7) is 3.47. The van der Waals surface area contributed by atoms with E-state index in [-0.39, 0.29) is 5.91 Å². The number of pyridine rings is 3. The lowest BCUT2D eigenvalue weighted by atomic mass is 10.0. The Bertz CT molecular complexity index is 1230. The zero-order chi connectivity index (χ0) is 20.4. The molecule has 0 saturated heterocycles. The molecule has 0 aromatic carbocycles. The largest absolute Gasteiger partial charge is 0.481 e. The molecule has 144 valence electrons. The van der Waals surface area contributed by atoms with Crippen LogP contribution in [0.25, 0.3) is 33.3 Å². The SMILES string of the molecule is C=CC(=O)Nc1cncc(-c2cnc3c(c2)c(-c2ccnc(OC)c2)cn3C)c1. The van der Waals surface area contributed by atoms with Crippen LogP contribution in [0.3, 0.4) is 0 Å². The molecule has 0 aliphatic heterocycles. The van der Waals surface area contributed by atoms with Gasteiger partial charge in [-0.1, -0.05) is 6.58 Å². The molecule has 4 aromatic heterocycles. The molecule has 0 spiro atoms. The quantitative estimate of drug-likeness (QED) is 0.528. The van der Waals surface area contributed by atoms with Crippen LogP contribution in [-0.2, 0) is 11.8 Å². The Kier molecular flexibility index (Phi) is 4.78. The van der Waals surface area contributed by atoms with Gasteiger partial charge in [-0.05, 0) is 29.8 Å². The molecule has 7 nitrogen and oxygen atoms in total. The molecule has 0 bridgehead atoms. The maximum absolute atomic E-state index is 11.6. The molecule has 0 aliphatic rings. The lowest BCUT2D eigenvalue weighted by Crippen LogP contribution is -2.07. The van der Waals surface area contributed by atoms with Crippen molar-refractivity contribution in [2.45, 2.75) is 0 Å². The maximum Gasteiger partial charge on any atom is 0.247 e. The number of anilines is 1. The highest BCUT2D eigenvalue weighted by Gasteiger charge is 2.13. The van der Waals surface area contributed by atoms with E-state index in [1.54, 1.807) is 31.9 Å². The molecule has 4 heterocycles. The topological polar surface area (TPSA) is 81.9 Å². The van der Waals surface area contributed by atoms with Crippen LogP contribution in [0.1, 0.15) is 0 Å². The molecule has 7 heteroatoms. The first-order valence-electron chi connectivity index (χ1n) is 8.93. The van der Waals surface area contributed by atoms with E-state index in [0.29, 0.717) is 11.6 Å². The number of methoxy groups -OCH3 is 1. The van der Waals surface area contributed by atoms with Crippen molar-refractivity contribution in [3.05, 3.63) is 67.9 Å². The van der Waals surface area contributed by atoms with Crippen LogP contribution in [0.15, 0.2) is 67.9 Å². The predicted octanol–water partition coefficient (Wildman–Crippen LogP) is 3.83. The van der Waals surface area contributed by atoms with Crippen LogP contribution in [0, 0.1) is 0 Å². The summed E-state index contributed by atoms with van der Waals surface area (Å²) in [5.74, 6) is 0.271. The van der Waals surface area contributed by atoms with E-state index < -0.39 is 0 Å². The third-order valence-corrected chi connectivity index (χ3v) is 4.59. The first-order chi connectivity index (χ1) is 14.1. The van der Waals surface area contributed by atoms with Crippen molar-refractivity contribution < 1.29 is 9.53 Å². The van der Waals surface area contributed by atoms with E-state index in [0.717, 1.165) is 33.3 Å². The van der Waals surface area contributed by atoms with E-state index >= 15 is 0 Å². The minimum Gasteiger partial charge on any atom is -0.481 e. The Morgan fingerprint density at radius 2 is 1.97 bits per heavy atom. The lowest BCUT2D eigenvalue weighted by Gasteiger charge is -2.07. The summed E-state index contributed by atoms with van der Waals surface area (Å²) in [6, 6.07) is 7.77. The van der Waals surface area contributed by atoms with Gasteiger partial charge in [0.2, 0.25) is 11.8 Å². The monoisotopic (exact) mass is 385 g/mol. The number of carbonyl (C=O) groups is 1. The number of rotatable bonds is 5. The summed E-state index contributed by atoms with van der Waals surface area (Å²) in [7, 11) is 3.56. The van der Waals surface area contributed by atoms with Crippen LogP contribution in [0.2, 0.25) is 0 Å². The molecular weight excluding hydrogens is 366 g/mol. The van der Waals surface area contributed by atoms with E-state index in [1.165, 1.54) is 6.08 Å². The summed E-state index contributed by atoms with van der Waals surface area (Å²) in [6.07, 6.45) is 10.1. The molecule has 0 saturated carbocycles. The predicted molar refractivity (Wildman–Crippen MR) is 113 cm³/mol. The fourth-order valence-electron chi connectivity index (χ4n) is 3.20. The Balaban J connectivity index is 1.81. The number of aromatic nitrogens is 4. The summed E-state index contributed by atoms with van der Waals surface area (Å²) in [5, 5.41) is 3.73. The standard InChI is InChI=1S/C22H19N5O2/c1-4-20(28)26-17-7-15(10-23-12-17)16-8-18-19(13-27(2)22(18)25-11-16)14-5-6-24-21(9-14)29-3/h4-13H,1H2,2-3H3,(H,26,28). The minimum absolute atomic E-state index is 0.283. The normalized spacial score (nSPS) is 10.7. The highest BCUT2D eigenvalue weighted by Crippen LogP contribution is 2.33. The van der Waals surface area contributed by atoms with Gasteiger partial charge in [-0.3, -0.25) is 9.78 Å². The van der Waals surface area contributed by atoms with E-state index in [2.05, 4.69) is 32.9 Å². The maximum atomic E-state index is 11.6. The minimum atomic E-state index is -0.283. The lowest BCUT2D eigenvalue weighted by molar-refractivity contribution is -0.111. The Morgan fingerprint density at radius 1 is 1.14 bits per heavy atom. The van der Waals surface area contributed by atoms with E-state index in [1.807, 2.05) is 36.0 Å². The average molecular weight is 385 g/mol. The van der Waals surface area contributed by atoms with Gasteiger partial charge in [-0.25, -0.2) is 9.97 Å². The van der Waals surface area contributed by atoms with Gasteiger partial charge in [-0.2, -0.15) is 0 Å². The highest BCUT2D eigenvalue weighted by atomic mass is 16.5. The van der Waals surface area contributed by atoms with Gasteiger partial charge < -0.3 is 14.6 Å². The van der Waals surface area contributed by atoms with Gasteiger partial charge in [0.15, 0.2) is 0 Å². The van der Waals surface area contributed by atoms with Gasteiger partial charge in [0, 0.05) is 60.0 Å². The number of aryl methyl sites for hydroxylation is 1. The van der Waals surface area contributed by atoms with Gasteiger partial charge in [0.1, 0.15) is 5.65 Å². The molecular formula is C22H19N5O2. The summed E-state index contributed by atoms with van der Waals surface area (Å²) < 4.78 is 7.25. The molecule has 4 rings (SSSR count). The fourth-order valence-corrected chi connectivity index (χ4v) is 3.20. The first kappa shape index (κ1) is 18.4. The average Bonchev–Trinajstić information content (AvgIpc) is 3.10. The van der Waals surface area contributed by atoms with Crippen LogP contribution in [0.5, 0.6) is 5.88 Å². The summed E-state index contributed by atoms with van der Waals surface area (Å²) >= 11 is 0. The molecule has 1 amide bonds. The molecule has 0 radical (unpaired) electrons. The van der Waals surface area contributed by atoms with Gasteiger partial charge >= 0.3 is 0 Å². The Morgan fingerprint density at radius 3 is 2.76 bits per heavy atom. The van der Waals surface area contributed by atoms with Crippen molar-refractivity contribution in [3.63, 3.8) is 0 Å². The van der Waals surface area contributed by atoms with Crippen LogP contribution in [-0.4, -0.2) is 32.5 Å². The number of nitrogens with zero attached hydrogens (tertiary/aromatic N) is 4. The summed E-state index contributed by atoms with van der Waals surface area (Å²) in [5.41, 5.74) is 5.23. The zero-order valence-corrected chi connectivity index (χ0v) is 16.1. The zero-order valence-electron chi connectivity index (χ0n) is 16.1. The molecule has 0 unspecified atom stereocenters. The fraction of sp³-hybridized carbons (Fsp3) is 0.0909. The number of amides is 1. The third kappa shape index (κ3) is 3.58. The molecule has 0 atom stereocenters. The van der Waals surface area contributed by atoms with E-state index in [9.17, 15) is 4.79 Å². The third-order valence-electron chi connectivity index (χ3n) is 4.59. The molecule has 0 aliphatic carbocycles. The van der Waals surface area contributed by atoms with Crippen molar-refractivity contribution in [1.82, 2.24) is 19.5 Å². The van der Waals surface area contributed by atoms with Crippen molar-refractivity contribution in [2.75, 3.05) is 12.4 Å². The second kappa shape index (κ2) is 7.55. The smallest absolute Gasteiger partial charge is 0.247 e. The van der Waals surface area contributed by atoms with Gasteiger partial charge in [0.05, 0.1) is 19.0 Å². The van der Waals surface area contributed by atoms with E-state index in [4.69, 9.17) is 4.74 Å². The highest BCUT2D eigenvalue weighted by molar-refractivity contribution is 5.99. The Hall–Kier alpha value is -4.00. The Labute approximate surface area is 167 Å². The van der Waals surface area contributed by atoms with Crippen molar-refractivity contribution in [3.8, 4) is 28.1 Å². The van der Waals surface area contributed by atoms with Crippen LogP contribution >= 0.6 is 0 Å². The van der Waals surface area contributed by atoms with Crippen molar-refractivity contribution >= 4 is 22.6 Å². The number of ether oxygens (including phenoxy) is 1. The second-order valence-electron chi connectivity index (χ2n) is 6.49. The molecule has 1 N–H and O–H groups in total.